The number of aromatic amines is 1. The van der Waals surface area contributed by atoms with Crippen LogP contribution in [0.1, 0.15) is 67.2 Å². The third kappa shape index (κ3) is 4.52. The molecule has 30 heavy (non-hydrogen) atoms. The number of H-pyrrole nitrogens is 1. The van der Waals surface area contributed by atoms with E-state index in [9.17, 15) is 15.0 Å². The Morgan fingerprint density at radius 1 is 1.17 bits per heavy atom. The van der Waals surface area contributed by atoms with Crippen LogP contribution >= 0.6 is 0 Å². The zero-order valence-corrected chi connectivity index (χ0v) is 17.2. The maximum absolute atomic E-state index is 11.9. The number of nitrogens with zero attached hydrogens (tertiary/aromatic N) is 2. The summed E-state index contributed by atoms with van der Waals surface area (Å²) in [5.74, 6) is 0.518. The summed E-state index contributed by atoms with van der Waals surface area (Å²) in [7, 11) is 0. The lowest BCUT2D eigenvalue weighted by Crippen LogP contribution is -2.50. The van der Waals surface area contributed by atoms with Crippen molar-refractivity contribution in [3.63, 3.8) is 0 Å². The summed E-state index contributed by atoms with van der Waals surface area (Å²) in [5, 5.41) is 26.5. The van der Waals surface area contributed by atoms with Gasteiger partial charge in [-0.25, -0.2) is 4.79 Å². The van der Waals surface area contributed by atoms with Gasteiger partial charge in [0.15, 0.2) is 0 Å². The third-order valence-electron chi connectivity index (χ3n) is 6.75. The predicted octanol–water partition coefficient (Wildman–Crippen LogP) is 3.87. The van der Waals surface area contributed by atoms with Crippen LogP contribution in [0.5, 0.6) is 0 Å². The number of likely N-dealkylation sites (tertiary alicyclic amines) is 1. The van der Waals surface area contributed by atoms with E-state index in [4.69, 9.17) is 4.74 Å². The summed E-state index contributed by atoms with van der Waals surface area (Å²) in [6.07, 6.45) is 6.75. The normalized spacial score (nSPS) is 27.2. The maximum Gasteiger partial charge on any atom is 0.407 e. The average molecular weight is 414 g/mol. The van der Waals surface area contributed by atoms with E-state index >= 15 is 0 Å². The Bertz CT molecular complexity index is 817. The summed E-state index contributed by atoms with van der Waals surface area (Å²) >= 11 is 0. The first-order chi connectivity index (χ1) is 14.7. The molecular formula is C23H31N3O4. The van der Waals surface area contributed by atoms with Crippen LogP contribution in [0.3, 0.4) is 0 Å². The van der Waals surface area contributed by atoms with Gasteiger partial charge in [-0.1, -0.05) is 30.3 Å². The highest BCUT2D eigenvalue weighted by Crippen LogP contribution is 2.36. The Balaban J connectivity index is 1.40. The topological polar surface area (TPSA) is 98.7 Å². The Labute approximate surface area is 177 Å². The minimum atomic E-state index is -0.915. The number of carbonyl (C=O) groups is 1. The number of amides is 1. The molecule has 162 valence electrons. The summed E-state index contributed by atoms with van der Waals surface area (Å²) < 4.78 is 6.28. The average Bonchev–Trinajstić information content (AvgIpc) is 3.27. The van der Waals surface area contributed by atoms with Crippen molar-refractivity contribution in [2.24, 2.45) is 0 Å². The zero-order valence-electron chi connectivity index (χ0n) is 17.2. The number of aliphatic hydroxyl groups is 1. The van der Waals surface area contributed by atoms with Gasteiger partial charge in [0, 0.05) is 24.2 Å². The molecule has 1 saturated carbocycles. The van der Waals surface area contributed by atoms with Gasteiger partial charge in [0.1, 0.15) is 0 Å². The second-order valence-electron chi connectivity index (χ2n) is 8.46. The lowest BCUT2D eigenvalue weighted by molar-refractivity contribution is -0.0224. The minimum Gasteiger partial charge on any atom is -0.465 e. The van der Waals surface area contributed by atoms with Gasteiger partial charge in [0.2, 0.25) is 0 Å². The second kappa shape index (κ2) is 9.62. The molecule has 1 saturated heterocycles. The molecule has 0 radical (unpaired) electrons. The van der Waals surface area contributed by atoms with Crippen LogP contribution in [0.4, 0.5) is 4.79 Å². The molecule has 2 heterocycles. The number of aromatic nitrogens is 2. The minimum absolute atomic E-state index is 0.0658. The number of nitrogens with one attached hydrogen (secondary N) is 1. The molecule has 2 aliphatic rings. The smallest absolute Gasteiger partial charge is 0.407 e. The Hall–Kier alpha value is -2.38. The van der Waals surface area contributed by atoms with E-state index in [-0.39, 0.29) is 24.7 Å². The number of hydrogen-bond acceptors (Lipinski definition) is 4. The van der Waals surface area contributed by atoms with E-state index in [2.05, 4.69) is 40.5 Å². The Morgan fingerprint density at radius 2 is 1.93 bits per heavy atom. The number of hydrogen-bond donors (Lipinski definition) is 3. The van der Waals surface area contributed by atoms with Crippen molar-refractivity contribution in [2.45, 2.75) is 69.1 Å². The van der Waals surface area contributed by atoms with Crippen molar-refractivity contribution < 1.29 is 19.7 Å². The van der Waals surface area contributed by atoms with Crippen LogP contribution in [0, 0.1) is 0 Å². The van der Waals surface area contributed by atoms with Gasteiger partial charge in [-0.05, 0) is 50.0 Å². The van der Waals surface area contributed by atoms with Gasteiger partial charge in [-0.3, -0.25) is 5.10 Å². The number of aliphatic hydroxyl groups excluding tert-OH is 1. The lowest BCUT2D eigenvalue weighted by atomic mass is 9.82. The van der Waals surface area contributed by atoms with Gasteiger partial charge in [0.05, 0.1) is 31.1 Å². The molecule has 0 unspecified atom stereocenters. The number of piperidine rings is 1. The molecule has 4 rings (SSSR count). The van der Waals surface area contributed by atoms with Crippen LogP contribution < -0.4 is 0 Å². The summed E-state index contributed by atoms with van der Waals surface area (Å²) in [6.45, 7) is 0.779. The fourth-order valence-electron chi connectivity index (χ4n) is 5.12. The van der Waals surface area contributed by atoms with Crippen LogP contribution in [-0.4, -0.2) is 56.7 Å². The van der Waals surface area contributed by atoms with Crippen LogP contribution in [0.25, 0.3) is 0 Å². The quantitative estimate of drug-likeness (QED) is 0.668. The number of rotatable bonds is 6. The Morgan fingerprint density at radius 3 is 2.63 bits per heavy atom. The van der Waals surface area contributed by atoms with Crippen molar-refractivity contribution in [3.05, 3.63) is 53.3 Å². The highest BCUT2D eigenvalue weighted by atomic mass is 16.5. The highest BCUT2D eigenvalue weighted by molar-refractivity contribution is 5.66. The molecule has 1 aliphatic heterocycles. The zero-order chi connectivity index (χ0) is 20.9. The second-order valence-corrected chi connectivity index (χ2v) is 8.46. The third-order valence-corrected chi connectivity index (χ3v) is 6.75. The molecule has 7 nitrogen and oxygen atoms in total. The highest BCUT2D eigenvalue weighted by Gasteiger charge is 2.38. The number of carboxylic acid groups (broad SMARTS) is 1. The van der Waals surface area contributed by atoms with Crippen LogP contribution in [0.2, 0.25) is 0 Å². The molecule has 2 atom stereocenters. The molecular weight excluding hydrogens is 382 g/mol. The summed E-state index contributed by atoms with van der Waals surface area (Å²) in [5.41, 5.74) is 2.90. The van der Waals surface area contributed by atoms with Crippen molar-refractivity contribution in [1.82, 2.24) is 15.1 Å². The van der Waals surface area contributed by atoms with E-state index in [0.29, 0.717) is 19.1 Å². The number of benzene rings is 1. The first-order valence-corrected chi connectivity index (χ1v) is 11.0. The molecule has 2 aromatic rings. The van der Waals surface area contributed by atoms with Gasteiger partial charge in [0.25, 0.3) is 0 Å². The van der Waals surface area contributed by atoms with E-state index in [1.165, 1.54) is 10.5 Å². The van der Waals surface area contributed by atoms with E-state index in [1.54, 1.807) is 6.20 Å². The van der Waals surface area contributed by atoms with E-state index in [0.717, 1.165) is 49.8 Å². The molecule has 1 aliphatic carbocycles. The van der Waals surface area contributed by atoms with Crippen LogP contribution in [-0.2, 0) is 11.3 Å². The van der Waals surface area contributed by atoms with Crippen molar-refractivity contribution in [2.75, 3.05) is 13.2 Å². The van der Waals surface area contributed by atoms with Gasteiger partial charge in [-0.15, -0.1) is 0 Å². The van der Waals surface area contributed by atoms with Crippen molar-refractivity contribution >= 4 is 6.09 Å². The molecule has 1 aromatic heterocycles. The van der Waals surface area contributed by atoms with Gasteiger partial charge < -0.3 is 19.8 Å². The SMILES string of the molecule is O=C(O)N1CCC[C@H](c2n[nH]cc2CO)[C@@H]1CO[C@H]1CC[C@@H](c2ccccc2)CC1. The van der Waals surface area contributed by atoms with Crippen LogP contribution in [0.15, 0.2) is 36.5 Å². The summed E-state index contributed by atoms with van der Waals surface area (Å²) in [4.78, 5) is 13.4. The lowest BCUT2D eigenvalue weighted by Gasteiger charge is -2.40. The van der Waals surface area contributed by atoms with E-state index < -0.39 is 6.09 Å². The summed E-state index contributed by atoms with van der Waals surface area (Å²) in [6, 6.07) is 10.4. The van der Waals surface area contributed by atoms with Crippen molar-refractivity contribution in [3.8, 4) is 0 Å². The van der Waals surface area contributed by atoms with Gasteiger partial charge in [-0.2, -0.15) is 5.10 Å². The number of ether oxygens (including phenoxy) is 1. The molecule has 0 spiro atoms. The first-order valence-electron chi connectivity index (χ1n) is 11.0. The monoisotopic (exact) mass is 413 g/mol. The van der Waals surface area contributed by atoms with Crippen molar-refractivity contribution in [1.29, 1.82) is 0 Å². The molecule has 1 aromatic carbocycles. The fourth-order valence-corrected chi connectivity index (χ4v) is 5.12. The molecule has 7 heteroatoms. The molecule has 2 fully saturated rings. The fraction of sp³-hybridized carbons (Fsp3) is 0.565. The Kier molecular flexibility index (Phi) is 6.69. The molecule has 0 bridgehead atoms. The molecule has 3 N–H and O–H groups in total. The predicted molar refractivity (Wildman–Crippen MR) is 112 cm³/mol. The van der Waals surface area contributed by atoms with E-state index in [1.807, 2.05) is 0 Å². The largest absolute Gasteiger partial charge is 0.465 e. The van der Waals surface area contributed by atoms with Gasteiger partial charge >= 0.3 is 6.09 Å². The first kappa shape index (κ1) is 20.9. The maximum atomic E-state index is 11.9. The standard InChI is InChI=1S/C23H31N3O4/c27-14-18-13-24-25-22(18)20-7-4-12-26(23(28)29)21(20)15-30-19-10-8-17(9-11-19)16-5-2-1-3-6-16/h1-3,5-6,13,17,19-21,27H,4,7-12,14-15H2,(H,24,25)(H,28,29)/t17-,19+,20-,21-/m0/s1. The molecule has 1 amide bonds.